The van der Waals surface area contributed by atoms with E-state index in [9.17, 15) is 9.18 Å². The Morgan fingerprint density at radius 2 is 2.33 bits per heavy atom. The van der Waals surface area contributed by atoms with Gasteiger partial charge in [-0.15, -0.1) is 11.3 Å². The number of thiazole rings is 1. The summed E-state index contributed by atoms with van der Waals surface area (Å²) in [4.78, 5) is 21.3. The summed E-state index contributed by atoms with van der Waals surface area (Å²) >= 11 is 1.42. The maximum atomic E-state index is 12.1. The number of hydrogen-bond acceptors (Lipinski definition) is 6. The SMILES string of the molecule is CN(c1cscn1)[C@@](C)(COCCN=C(N)CF)C(N)=O. The molecule has 0 unspecified atom stereocenters. The fourth-order valence-corrected chi connectivity index (χ4v) is 2.10. The number of likely N-dealkylation sites (N-methyl/N-ethyl adjacent to an activating group) is 1. The molecule has 0 fully saturated rings. The number of anilines is 1. The molecule has 1 aromatic heterocycles. The molecule has 1 rings (SSSR count). The van der Waals surface area contributed by atoms with Gasteiger partial charge in [-0.1, -0.05) is 0 Å². The number of alkyl halides is 1. The summed E-state index contributed by atoms with van der Waals surface area (Å²) in [6.45, 7) is 1.40. The van der Waals surface area contributed by atoms with E-state index in [4.69, 9.17) is 16.2 Å². The van der Waals surface area contributed by atoms with Crippen LogP contribution in [0.5, 0.6) is 0 Å². The number of aromatic nitrogens is 1. The molecule has 0 aromatic carbocycles. The number of amides is 1. The van der Waals surface area contributed by atoms with Crippen molar-refractivity contribution in [2.24, 2.45) is 16.5 Å². The van der Waals surface area contributed by atoms with E-state index in [0.717, 1.165) is 0 Å². The molecular weight excluding hydrogens is 297 g/mol. The zero-order chi connectivity index (χ0) is 15.9. The first-order chi connectivity index (χ1) is 9.91. The summed E-state index contributed by atoms with van der Waals surface area (Å²) in [6.07, 6.45) is 0. The molecular formula is C12H20FN5O2S. The lowest BCUT2D eigenvalue weighted by molar-refractivity contribution is -0.124. The van der Waals surface area contributed by atoms with E-state index in [0.29, 0.717) is 5.82 Å². The van der Waals surface area contributed by atoms with Gasteiger partial charge in [0, 0.05) is 12.4 Å². The number of rotatable bonds is 9. The zero-order valence-electron chi connectivity index (χ0n) is 12.1. The fourth-order valence-electron chi connectivity index (χ4n) is 1.52. The fraction of sp³-hybridized carbons (Fsp3) is 0.583. The number of nitrogens with zero attached hydrogens (tertiary/aromatic N) is 3. The molecule has 118 valence electrons. The van der Waals surface area contributed by atoms with Crippen molar-refractivity contribution in [1.29, 1.82) is 0 Å². The molecule has 1 aromatic rings. The number of carbonyl (C=O) groups is 1. The van der Waals surface area contributed by atoms with Crippen LogP contribution in [0.4, 0.5) is 10.2 Å². The van der Waals surface area contributed by atoms with E-state index in [1.54, 1.807) is 24.4 Å². The topological polar surface area (TPSA) is 107 Å². The number of ether oxygens (including phenoxy) is 1. The molecule has 0 spiro atoms. The van der Waals surface area contributed by atoms with Gasteiger partial charge in [0.1, 0.15) is 23.9 Å². The second kappa shape index (κ2) is 7.89. The van der Waals surface area contributed by atoms with Gasteiger partial charge in [-0.05, 0) is 6.92 Å². The average Bonchev–Trinajstić information content (AvgIpc) is 2.99. The largest absolute Gasteiger partial charge is 0.385 e. The number of amidine groups is 1. The smallest absolute Gasteiger partial charge is 0.245 e. The normalized spacial score (nSPS) is 14.7. The molecule has 1 atom stereocenters. The zero-order valence-corrected chi connectivity index (χ0v) is 12.9. The van der Waals surface area contributed by atoms with Crippen molar-refractivity contribution in [3.8, 4) is 0 Å². The van der Waals surface area contributed by atoms with E-state index in [1.165, 1.54) is 11.3 Å². The number of primary amides is 1. The van der Waals surface area contributed by atoms with Crippen molar-refractivity contribution < 1.29 is 13.9 Å². The van der Waals surface area contributed by atoms with Crippen LogP contribution in [0.2, 0.25) is 0 Å². The lowest BCUT2D eigenvalue weighted by Gasteiger charge is -2.35. The van der Waals surface area contributed by atoms with Gasteiger partial charge in [-0.2, -0.15) is 0 Å². The third-order valence-electron chi connectivity index (χ3n) is 3.10. The van der Waals surface area contributed by atoms with Crippen LogP contribution in [0.25, 0.3) is 0 Å². The summed E-state index contributed by atoms with van der Waals surface area (Å²) in [7, 11) is 1.72. The van der Waals surface area contributed by atoms with E-state index >= 15 is 0 Å². The first-order valence-corrected chi connectivity index (χ1v) is 7.20. The van der Waals surface area contributed by atoms with Crippen LogP contribution in [-0.4, -0.2) is 55.7 Å². The van der Waals surface area contributed by atoms with Crippen LogP contribution in [0.3, 0.4) is 0 Å². The minimum atomic E-state index is -1.04. The van der Waals surface area contributed by atoms with Gasteiger partial charge in [0.2, 0.25) is 5.91 Å². The maximum absolute atomic E-state index is 12.1. The highest BCUT2D eigenvalue weighted by Crippen LogP contribution is 2.22. The van der Waals surface area contributed by atoms with E-state index in [2.05, 4.69) is 9.98 Å². The third-order valence-corrected chi connectivity index (χ3v) is 3.68. The Kier molecular flexibility index (Phi) is 6.50. The second-order valence-corrected chi connectivity index (χ2v) is 5.32. The van der Waals surface area contributed by atoms with E-state index in [1.807, 2.05) is 5.38 Å². The van der Waals surface area contributed by atoms with Gasteiger partial charge in [0.05, 0.1) is 25.3 Å². The Hall–Kier alpha value is -1.74. The number of aliphatic imine (C=N–C) groups is 1. The molecule has 9 heteroatoms. The first-order valence-electron chi connectivity index (χ1n) is 6.26. The van der Waals surface area contributed by atoms with E-state index in [-0.39, 0.29) is 25.6 Å². The van der Waals surface area contributed by atoms with Crippen LogP contribution in [0.15, 0.2) is 15.9 Å². The molecule has 7 nitrogen and oxygen atoms in total. The highest BCUT2D eigenvalue weighted by Gasteiger charge is 2.37. The van der Waals surface area contributed by atoms with Crippen LogP contribution in [0.1, 0.15) is 6.92 Å². The number of hydrogen-bond donors (Lipinski definition) is 2. The van der Waals surface area contributed by atoms with Gasteiger partial charge in [-0.25, -0.2) is 9.37 Å². The number of carbonyl (C=O) groups excluding carboxylic acids is 1. The lowest BCUT2D eigenvalue weighted by atomic mass is 10.0. The Labute approximate surface area is 126 Å². The minimum Gasteiger partial charge on any atom is -0.385 e. The van der Waals surface area contributed by atoms with Crippen LogP contribution < -0.4 is 16.4 Å². The molecule has 4 N–H and O–H groups in total. The van der Waals surface area contributed by atoms with Crippen molar-refractivity contribution in [2.75, 3.05) is 38.4 Å². The predicted octanol–water partition coefficient (Wildman–Crippen LogP) is 0.167. The van der Waals surface area contributed by atoms with Crippen LogP contribution in [-0.2, 0) is 9.53 Å². The predicted molar refractivity (Wildman–Crippen MR) is 81.4 cm³/mol. The highest BCUT2D eigenvalue weighted by atomic mass is 32.1. The molecule has 0 aliphatic carbocycles. The summed E-state index contributed by atoms with van der Waals surface area (Å²) in [6, 6.07) is 0. The molecule has 21 heavy (non-hydrogen) atoms. The van der Waals surface area contributed by atoms with Gasteiger partial charge in [-0.3, -0.25) is 9.79 Å². The van der Waals surface area contributed by atoms with Crippen LogP contribution >= 0.6 is 11.3 Å². The monoisotopic (exact) mass is 317 g/mol. The van der Waals surface area contributed by atoms with Crippen LogP contribution in [0, 0.1) is 0 Å². The van der Waals surface area contributed by atoms with Crippen molar-refractivity contribution in [3.05, 3.63) is 10.9 Å². The van der Waals surface area contributed by atoms with Gasteiger partial charge in [0.15, 0.2) is 0 Å². The average molecular weight is 317 g/mol. The molecule has 0 saturated heterocycles. The molecule has 0 saturated carbocycles. The molecule has 0 radical (unpaired) electrons. The lowest BCUT2D eigenvalue weighted by Crippen LogP contribution is -2.57. The number of nitrogens with two attached hydrogens (primary N) is 2. The quantitative estimate of drug-likeness (QED) is 0.383. The Balaban J connectivity index is 2.59. The van der Waals surface area contributed by atoms with Gasteiger partial charge < -0.3 is 21.1 Å². The number of halogens is 1. The summed E-state index contributed by atoms with van der Waals surface area (Å²) in [5, 5.41) is 1.81. The van der Waals surface area contributed by atoms with Gasteiger partial charge >= 0.3 is 0 Å². The summed E-state index contributed by atoms with van der Waals surface area (Å²) < 4.78 is 17.5. The van der Waals surface area contributed by atoms with E-state index < -0.39 is 18.1 Å². The van der Waals surface area contributed by atoms with Crippen molar-refractivity contribution >= 4 is 28.9 Å². The minimum absolute atomic E-state index is 0.0708. The molecule has 0 aliphatic rings. The molecule has 0 bridgehead atoms. The molecule has 1 heterocycles. The van der Waals surface area contributed by atoms with Crippen molar-refractivity contribution in [3.63, 3.8) is 0 Å². The van der Waals surface area contributed by atoms with Crippen molar-refractivity contribution in [2.45, 2.75) is 12.5 Å². The standard InChI is InChI=1S/C12H20FN5O2S/c1-12(11(15)19,18(2)10-6-21-8-17-10)7-20-4-3-16-9(14)5-13/h6,8H,3-5,7H2,1-2H3,(H2,14,16)(H2,15,19)/t12-/m0/s1. The molecule has 0 aliphatic heterocycles. The summed E-state index contributed by atoms with van der Waals surface area (Å²) in [5.74, 6) is 0.0465. The maximum Gasteiger partial charge on any atom is 0.245 e. The Morgan fingerprint density at radius 3 is 2.86 bits per heavy atom. The third kappa shape index (κ3) is 4.64. The second-order valence-electron chi connectivity index (χ2n) is 4.60. The highest BCUT2D eigenvalue weighted by molar-refractivity contribution is 7.07. The first kappa shape index (κ1) is 17.3. The van der Waals surface area contributed by atoms with Crippen molar-refractivity contribution in [1.82, 2.24) is 4.98 Å². The Bertz CT molecular complexity index is 482. The van der Waals surface area contributed by atoms with Gasteiger partial charge in [0.25, 0.3) is 0 Å². The molecule has 1 amide bonds. The summed E-state index contributed by atoms with van der Waals surface area (Å²) in [5.41, 5.74) is 11.3. The Morgan fingerprint density at radius 1 is 1.62 bits per heavy atom.